The van der Waals surface area contributed by atoms with Crippen LogP contribution >= 0.6 is 34.7 Å². The van der Waals surface area contributed by atoms with Gasteiger partial charge in [0.2, 0.25) is 5.13 Å². The van der Waals surface area contributed by atoms with Gasteiger partial charge in [-0.15, -0.1) is 10.2 Å². The van der Waals surface area contributed by atoms with E-state index in [-0.39, 0.29) is 21.9 Å². The Balaban J connectivity index is 1.55. The van der Waals surface area contributed by atoms with Gasteiger partial charge in [-0.1, -0.05) is 97.9 Å². The number of rotatable bonds is 6. The van der Waals surface area contributed by atoms with Crippen LogP contribution in [-0.4, -0.2) is 32.0 Å². The van der Waals surface area contributed by atoms with Crippen LogP contribution in [0.2, 0.25) is 5.02 Å². The third-order valence-corrected chi connectivity index (χ3v) is 8.87. The molecule has 0 saturated carbocycles. The van der Waals surface area contributed by atoms with E-state index in [0.717, 1.165) is 11.1 Å². The van der Waals surface area contributed by atoms with Crippen LogP contribution in [0.25, 0.3) is 5.76 Å². The number of halogens is 1. The molecule has 1 N–H and O–H groups in total. The van der Waals surface area contributed by atoms with Crippen molar-refractivity contribution in [3.05, 3.63) is 106 Å². The maximum Gasteiger partial charge on any atom is 0.301 e. The molecule has 1 amide bonds. The molecule has 4 aromatic rings. The number of Topliss-reactive ketones (excluding diaryl/α,β-unsaturated/α-hetero) is 1. The zero-order chi connectivity index (χ0) is 27.7. The largest absolute Gasteiger partial charge is 0.507 e. The van der Waals surface area contributed by atoms with E-state index in [1.54, 1.807) is 12.1 Å². The molecule has 39 heavy (non-hydrogen) atoms. The number of pyridine rings is 1. The van der Waals surface area contributed by atoms with Crippen LogP contribution in [0.5, 0.6) is 0 Å². The van der Waals surface area contributed by atoms with Gasteiger partial charge in [0.05, 0.1) is 11.6 Å². The van der Waals surface area contributed by atoms with Crippen molar-refractivity contribution in [2.24, 2.45) is 0 Å². The molecule has 1 unspecified atom stereocenters. The molecular weight excluding hydrogens is 552 g/mol. The van der Waals surface area contributed by atoms with Gasteiger partial charge in [-0.2, -0.15) is 0 Å². The van der Waals surface area contributed by atoms with Crippen molar-refractivity contribution < 1.29 is 14.7 Å². The molecule has 0 radical (unpaired) electrons. The molecular formula is C29H25ClN4O3S2. The van der Waals surface area contributed by atoms with Gasteiger partial charge in [0.25, 0.3) is 5.78 Å². The van der Waals surface area contributed by atoms with Crippen molar-refractivity contribution in [3.8, 4) is 0 Å². The number of hydrogen-bond donors (Lipinski definition) is 1. The molecule has 0 bridgehead atoms. The highest BCUT2D eigenvalue weighted by molar-refractivity contribution is 8.00. The number of nitrogens with zero attached hydrogens (tertiary/aromatic N) is 4. The highest BCUT2D eigenvalue weighted by Crippen LogP contribution is 2.44. The molecule has 2 aromatic heterocycles. The molecule has 5 rings (SSSR count). The van der Waals surface area contributed by atoms with E-state index in [9.17, 15) is 14.7 Å². The maximum absolute atomic E-state index is 13.4. The second-order valence-electron chi connectivity index (χ2n) is 10.0. The molecule has 10 heteroatoms. The van der Waals surface area contributed by atoms with Crippen molar-refractivity contribution >= 4 is 57.3 Å². The minimum absolute atomic E-state index is 0.00446. The molecule has 1 fully saturated rings. The smallest absolute Gasteiger partial charge is 0.301 e. The summed E-state index contributed by atoms with van der Waals surface area (Å²) in [5.41, 5.74) is 3.05. The number of hydrogen-bond acceptors (Lipinski definition) is 8. The molecule has 7 nitrogen and oxygen atoms in total. The SMILES string of the molecule is CC(C)(C)c1ccc(C2C(=C(O)c3ccncc3)C(=O)C(=O)N2c2nnc(SCc3ccccc3Cl)s2)cc1. The number of aromatic nitrogens is 3. The lowest BCUT2D eigenvalue weighted by Gasteiger charge is -2.24. The summed E-state index contributed by atoms with van der Waals surface area (Å²) in [4.78, 5) is 32.1. The monoisotopic (exact) mass is 576 g/mol. The van der Waals surface area contributed by atoms with Gasteiger partial charge in [0.1, 0.15) is 5.76 Å². The highest BCUT2D eigenvalue weighted by Gasteiger charge is 2.48. The number of benzene rings is 2. The first-order chi connectivity index (χ1) is 18.6. The number of carbonyl (C=O) groups is 2. The predicted octanol–water partition coefficient (Wildman–Crippen LogP) is 6.80. The van der Waals surface area contributed by atoms with Crippen LogP contribution in [0.15, 0.2) is 83.0 Å². The average molecular weight is 577 g/mol. The Kier molecular flexibility index (Phi) is 7.57. The van der Waals surface area contributed by atoms with Crippen LogP contribution in [0.4, 0.5) is 5.13 Å². The molecule has 0 aliphatic carbocycles. The van der Waals surface area contributed by atoms with Gasteiger partial charge in [-0.3, -0.25) is 19.5 Å². The Morgan fingerprint density at radius 2 is 1.72 bits per heavy atom. The Morgan fingerprint density at radius 3 is 2.38 bits per heavy atom. The first-order valence-electron chi connectivity index (χ1n) is 12.2. The number of aliphatic hydroxyl groups excluding tert-OH is 1. The van der Waals surface area contributed by atoms with Gasteiger partial charge in [0, 0.05) is 28.7 Å². The number of ketones is 1. The first kappa shape index (κ1) is 27.1. The Bertz CT molecular complexity index is 1560. The van der Waals surface area contributed by atoms with E-state index in [4.69, 9.17) is 11.6 Å². The fourth-order valence-electron chi connectivity index (χ4n) is 4.29. The molecule has 0 spiro atoms. The van der Waals surface area contributed by atoms with Gasteiger partial charge in [-0.05, 0) is 40.3 Å². The van der Waals surface area contributed by atoms with Gasteiger partial charge in [0.15, 0.2) is 4.34 Å². The Morgan fingerprint density at radius 1 is 1.03 bits per heavy atom. The third kappa shape index (κ3) is 5.48. The molecule has 1 aliphatic rings. The lowest BCUT2D eigenvalue weighted by Crippen LogP contribution is -2.29. The van der Waals surface area contributed by atoms with Gasteiger partial charge >= 0.3 is 5.91 Å². The highest BCUT2D eigenvalue weighted by atomic mass is 35.5. The average Bonchev–Trinajstić information content (AvgIpc) is 3.50. The minimum atomic E-state index is -0.874. The molecule has 1 aliphatic heterocycles. The summed E-state index contributed by atoms with van der Waals surface area (Å²) in [6, 6.07) is 17.6. The summed E-state index contributed by atoms with van der Waals surface area (Å²) in [6.07, 6.45) is 3.04. The Hall–Kier alpha value is -3.53. The van der Waals surface area contributed by atoms with E-state index in [1.807, 2.05) is 48.5 Å². The molecule has 1 atom stereocenters. The number of thioether (sulfide) groups is 1. The summed E-state index contributed by atoms with van der Waals surface area (Å²) in [7, 11) is 0. The second kappa shape index (κ2) is 10.9. The van der Waals surface area contributed by atoms with Crippen molar-refractivity contribution in [2.45, 2.75) is 42.3 Å². The normalized spacial score (nSPS) is 17.1. The van der Waals surface area contributed by atoms with E-state index in [0.29, 0.717) is 26.2 Å². The molecule has 2 aromatic carbocycles. The first-order valence-corrected chi connectivity index (χ1v) is 14.3. The zero-order valence-electron chi connectivity index (χ0n) is 21.5. The van der Waals surface area contributed by atoms with Gasteiger partial charge < -0.3 is 5.11 Å². The fourth-order valence-corrected chi connectivity index (χ4v) is 6.44. The van der Waals surface area contributed by atoms with E-state index in [1.165, 1.54) is 40.4 Å². The van der Waals surface area contributed by atoms with Crippen LogP contribution in [0, 0.1) is 0 Å². The molecule has 3 heterocycles. The summed E-state index contributed by atoms with van der Waals surface area (Å²) < 4.78 is 0.628. The lowest BCUT2D eigenvalue weighted by atomic mass is 9.85. The second-order valence-corrected chi connectivity index (χ2v) is 12.6. The quantitative estimate of drug-likeness (QED) is 0.0886. The van der Waals surface area contributed by atoms with Gasteiger partial charge in [-0.25, -0.2) is 0 Å². The van der Waals surface area contributed by atoms with E-state index < -0.39 is 17.7 Å². The lowest BCUT2D eigenvalue weighted by molar-refractivity contribution is -0.132. The van der Waals surface area contributed by atoms with E-state index in [2.05, 4.69) is 36.0 Å². The summed E-state index contributed by atoms with van der Waals surface area (Å²) in [6.45, 7) is 6.34. The summed E-state index contributed by atoms with van der Waals surface area (Å²) in [5, 5.41) is 20.7. The third-order valence-electron chi connectivity index (χ3n) is 6.40. The minimum Gasteiger partial charge on any atom is -0.507 e. The molecule has 198 valence electrons. The van der Waals surface area contributed by atoms with Crippen molar-refractivity contribution in [2.75, 3.05) is 4.90 Å². The van der Waals surface area contributed by atoms with Crippen molar-refractivity contribution in [1.29, 1.82) is 0 Å². The standard InChI is InChI=1S/C29H25ClN4O3S2/c1-29(2,3)20-10-8-17(9-11-20)23-22(24(35)18-12-14-31-15-13-18)25(36)26(37)34(23)27-32-33-28(39-27)38-16-19-6-4-5-7-21(19)30/h4-15,23,35H,16H2,1-3H3. The fraction of sp³-hybridized carbons (Fsp3) is 0.207. The summed E-state index contributed by atoms with van der Waals surface area (Å²) >= 11 is 8.94. The number of carbonyl (C=O) groups excluding carboxylic acids is 2. The predicted molar refractivity (Wildman–Crippen MR) is 155 cm³/mol. The Labute approximate surface area is 239 Å². The van der Waals surface area contributed by atoms with Crippen LogP contribution < -0.4 is 4.90 Å². The van der Waals surface area contributed by atoms with Crippen LogP contribution in [0.3, 0.4) is 0 Å². The summed E-state index contributed by atoms with van der Waals surface area (Å²) in [5.74, 6) is -1.24. The number of amides is 1. The van der Waals surface area contributed by atoms with Crippen LogP contribution in [-0.2, 0) is 20.8 Å². The number of anilines is 1. The van der Waals surface area contributed by atoms with Crippen molar-refractivity contribution in [3.63, 3.8) is 0 Å². The van der Waals surface area contributed by atoms with Crippen LogP contribution in [0.1, 0.15) is 49.1 Å². The topological polar surface area (TPSA) is 96.3 Å². The molecule has 1 saturated heterocycles. The van der Waals surface area contributed by atoms with Crippen molar-refractivity contribution in [1.82, 2.24) is 15.2 Å². The number of aliphatic hydroxyl groups is 1. The zero-order valence-corrected chi connectivity index (χ0v) is 23.8. The maximum atomic E-state index is 13.4. The van der Waals surface area contributed by atoms with E-state index >= 15 is 0 Å².